The first-order valence-electron chi connectivity index (χ1n) is 9.88. The molecule has 3 unspecified atom stereocenters. The predicted molar refractivity (Wildman–Crippen MR) is 92.9 cm³/mol. The van der Waals surface area contributed by atoms with Crippen LogP contribution in [0.15, 0.2) is 0 Å². The molecule has 140 valence electrons. The highest BCUT2D eigenvalue weighted by molar-refractivity contribution is 5.85. The van der Waals surface area contributed by atoms with Crippen molar-refractivity contribution in [2.45, 2.75) is 70.3 Å². The molecule has 3 rings (SSSR count). The molecule has 2 heterocycles. The molecule has 2 amide bonds. The molecule has 6 heteroatoms. The zero-order valence-electron chi connectivity index (χ0n) is 15.0. The molecule has 3 aliphatic rings. The Morgan fingerprint density at radius 1 is 0.960 bits per heavy atom. The summed E-state index contributed by atoms with van der Waals surface area (Å²) in [5, 5.41) is 9.50. The summed E-state index contributed by atoms with van der Waals surface area (Å²) in [5.74, 6) is -0.865. The number of rotatable bonds is 3. The maximum atomic E-state index is 12.9. The Hall–Kier alpha value is -1.59. The molecular formula is C19H30N2O4. The Labute approximate surface area is 149 Å². The summed E-state index contributed by atoms with van der Waals surface area (Å²) in [4.78, 5) is 40.4. The molecule has 25 heavy (non-hydrogen) atoms. The van der Waals surface area contributed by atoms with E-state index in [1.165, 1.54) is 0 Å². The number of hydrogen-bond donors (Lipinski definition) is 1. The largest absolute Gasteiger partial charge is 0.481 e. The highest BCUT2D eigenvalue weighted by atomic mass is 16.4. The third-order valence-electron chi connectivity index (χ3n) is 6.26. The van der Waals surface area contributed by atoms with Gasteiger partial charge in [0.05, 0.1) is 12.5 Å². The number of carbonyl (C=O) groups excluding carboxylic acids is 2. The molecule has 1 aliphatic carbocycles. The third kappa shape index (κ3) is 4.15. The summed E-state index contributed by atoms with van der Waals surface area (Å²) in [6.07, 6.45) is 9.08. The topological polar surface area (TPSA) is 77.9 Å². The van der Waals surface area contributed by atoms with Crippen LogP contribution in [0.25, 0.3) is 0 Å². The number of carboxylic acids is 1. The zero-order valence-corrected chi connectivity index (χ0v) is 15.0. The Morgan fingerprint density at radius 3 is 2.52 bits per heavy atom. The SMILES string of the molecule is O=C(O)C1CCN(C(=O)CN2CCCCCCC2=O)C2CCCCC12. The van der Waals surface area contributed by atoms with Crippen molar-refractivity contribution in [3.63, 3.8) is 0 Å². The highest BCUT2D eigenvalue weighted by Crippen LogP contribution is 2.39. The number of carbonyl (C=O) groups is 3. The standard InChI is InChI=1S/C19H30N2O4/c22-17-9-3-1-2-6-11-20(17)13-18(23)21-12-10-15(19(24)25)14-7-4-5-8-16(14)21/h14-16H,1-13H2,(H,24,25). The molecule has 1 N–H and O–H groups in total. The van der Waals surface area contributed by atoms with E-state index in [0.717, 1.165) is 51.4 Å². The molecule has 3 atom stereocenters. The fourth-order valence-corrected chi connectivity index (χ4v) is 4.91. The van der Waals surface area contributed by atoms with Gasteiger partial charge < -0.3 is 14.9 Å². The number of piperidine rings is 1. The van der Waals surface area contributed by atoms with Crippen LogP contribution in [-0.2, 0) is 14.4 Å². The molecule has 2 saturated heterocycles. The van der Waals surface area contributed by atoms with Crippen LogP contribution in [0.3, 0.4) is 0 Å². The van der Waals surface area contributed by atoms with E-state index < -0.39 is 5.97 Å². The first kappa shape index (κ1) is 18.2. The van der Waals surface area contributed by atoms with E-state index in [0.29, 0.717) is 25.9 Å². The van der Waals surface area contributed by atoms with Crippen molar-refractivity contribution in [3.05, 3.63) is 0 Å². The molecule has 0 spiro atoms. The average molecular weight is 350 g/mol. The molecule has 0 aromatic heterocycles. The Morgan fingerprint density at radius 2 is 1.72 bits per heavy atom. The quantitative estimate of drug-likeness (QED) is 0.847. The minimum atomic E-state index is -0.719. The van der Waals surface area contributed by atoms with Gasteiger partial charge >= 0.3 is 5.97 Å². The van der Waals surface area contributed by atoms with Crippen LogP contribution in [0, 0.1) is 11.8 Å². The van der Waals surface area contributed by atoms with Gasteiger partial charge in [0.1, 0.15) is 0 Å². The van der Waals surface area contributed by atoms with E-state index in [1.54, 1.807) is 4.90 Å². The fourth-order valence-electron chi connectivity index (χ4n) is 4.91. The minimum Gasteiger partial charge on any atom is -0.481 e. The Kier molecular flexibility index (Phi) is 5.97. The van der Waals surface area contributed by atoms with Crippen molar-refractivity contribution >= 4 is 17.8 Å². The lowest BCUT2D eigenvalue weighted by atomic mass is 9.72. The first-order chi connectivity index (χ1) is 12.1. The maximum Gasteiger partial charge on any atom is 0.306 e. The number of fused-ring (bicyclic) bond motifs is 1. The molecule has 2 aliphatic heterocycles. The number of likely N-dealkylation sites (tertiary alicyclic amines) is 2. The van der Waals surface area contributed by atoms with E-state index in [9.17, 15) is 19.5 Å². The van der Waals surface area contributed by atoms with Gasteiger partial charge in [0.15, 0.2) is 0 Å². The van der Waals surface area contributed by atoms with Gasteiger partial charge in [-0.15, -0.1) is 0 Å². The van der Waals surface area contributed by atoms with Crippen molar-refractivity contribution in [1.29, 1.82) is 0 Å². The second-order valence-electron chi connectivity index (χ2n) is 7.82. The van der Waals surface area contributed by atoms with Crippen molar-refractivity contribution < 1.29 is 19.5 Å². The third-order valence-corrected chi connectivity index (χ3v) is 6.26. The molecule has 1 saturated carbocycles. The van der Waals surface area contributed by atoms with Crippen LogP contribution in [0.2, 0.25) is 0 Å². The van der Waals surface area contributed by atoms with E-state index in [-0.39, 0.29) is 36.2 Å². The number of nitrogens with zero attached hydrogens (tertiary/aromatic N) is 2. The van der Waals surface area contributed by atoms with Gasteiger partial charge in [0.2, 0.25) is 11.8 Å². The van der Waals surface area contributed by atoms with Gasteiger partial charge in [-0.2, -0.15) is 0 Å². The van der Waals surface area contributed by atoms with Gasteiger partial charge in [-0.3, -0.25) is 14.4 Å². The second-order valence-corrected chi connectivity index (χ2v) is 7.82. The Bertz CT molecular complexity index is 522. The second kappa shape index (κ2) is 8.19. The lowest BCUT2D eigenvalue weighted by Crippen LogP contribution is -2.56. The van der Waals surface area contributed by atoms with Gasteiger partial charge in [-0.1, -0.05) is 25.7 Å². The molecule has 0 radical (unpaired) electrons. The van der Waals surface area contributed by atoms with Gasteiger partial charge in [-0.25, -0.2) is 0 Å². The van der Waals surface area contributed by atoms with Crippen LogP contribution >= 0.6 is 0 Å². The van der Waals surface area contributed by atoms with E-state index in [2.05, 4.69) is 0 Å². The zero-order chi connectivity index (χ0) is 17.8. The number of carboxylic acid groups (broad SMARTS) is 1. The number of aliphatic carboxylic acids is 1. The van der Waals surface area contributed by atoms with E-state index in [1.807, 2.05) is 4.90 Å². The van der Waals surface area contributed by atoms with E-state index >= 15 is 0 Å². The summed E-state index contributed by atoms with van der Waals surface area (Å²) < 4.78 is 0. The lowest BCUT2D eigenvalue weighted by Gasteiger charge is -2.47. The summed E-state index contributed by atoms with van der Waals surface area (Å²) in [6, 6.07) is 0.0426. The molecule has 0 aromatic carbocycles. The number of amides is 2. The van der Waals surface area contributed by atoms with Crippen LogP contribution < -0.4 is 0 Å². The average Bonchev–Trinajstić information content (AvgIpc) is 2.60. The number of hydrogen-bond acceptors (Lipinski definition) is 3. The van der Waals surface area contributed by atoms with Gasteiger partial charge in [0, 0.05) is 25.6 Å². The van der Waals surface area contributed by atoms with Crippen LogP contribution in [-0.4, -0.2) is 58.4 Å². The summed E-state index contributed by atoms with van der Waals surface area (Å²) in [7, 11) is 0. The van der Waals surface area contributed by atoms with Crippen LogP contribution in [0.4, 0.5) is 0 Å². The molecule has 6 nitrogen and oxygen atoms in total. The fraction of sp³-hybridized carbons (Fsp3) is 0.842. The smallest absolute Gasteiger partial charge is 0.306 e. The molecule has 0 bridgehead atoms. The normalized spacial score (nSPS) is 31.0. The molecule has 0 aromatic rings. The summed E-state index contributed by atoms with van der Waals surface area (Å²) in [6.45, 7) is 1.35. The van der Waals surface area contributed by atoms with Crippen LogP contribution in [0.1, 0.15) is 64.2 Å². The maximum absolute atomic E-state index is 12.9. The monoisotopic (exact) mass is 350 g/mol. The summed E-state index contributed by atoms with van der Waals surface area (Å²) in [5.41, 5.74) is 0. The predicted octanol–water partition coefficient (Wildman–Crippen LogP) is 2.27. The minimum absolute atomic E-state index is 0.00895. The van der Waals surface area contributed by atoms with Crippen LogP contribution in [0.5, 0.6) is 0 Å². The van der Waals surface area contributed by atoms with Crippen molar-refractivity contribution in [3.8, 4) is 0 Å². The summed E-state index contributed by atoms with van der Waals surface area (Å²) >= 11 is 0. The van der Waals surface area contributed by atoms with Gasteiger partial charge in [-0.05, 0) is 38.0 Å². The molecule has 3 fully saturated rings. The van der Waals surface area contributed by atoms with Crippen molar-refractivity contribution in [1.82, 2.24) is 9.80 Å². The molecular weight excluding hydrogens is 320 g/mol. The van der Waals surface area contributed by atoms with Gasteiger partial charge in [0.25, 0.3) is 0 Å². The highest BCUT2D eigenvalue weighted by Gasteiger charge is 2.44. The lowest BCUT2D eigenvalue weighted by molar-refractivity contribution is -0.155. The van der Waals surface area contributed by atoms with Crippen molar-refractivity contribution in [2.24, 2.45) is 11.8 Å². The first-order valence-corrected chi connectivity index (χ1v) is 9.88. The Balaban J connectivity index is 1.66. The van der Waals surface area contributed by atoms with Crippen molar-refractivity contribution in [2.75, 3.05) is 19.6 Å². The van der Waals surface area contributed by atoms with E-state index in [4.69, 9.17) is 0 Å².